The molecule has 2 fully saturated rings. The zero-order chi connectivity index (χ0) is 15.9. The number of carbonyl (C=O) groups is 1. The molecule has 2 heterocycles. The topological polar surface area (TPSA) is 35.6 Å². The Morgan fingerprint density at radius 3 is 2.61 bits per heavy atom. The predicted molar refractivity (Wildman–Crippen MR) is 93.4 cm³/mol. The van der Waals surface area contributed by atoms with E-state index in [1.807, 2.05) is 0 Å². The first kappa shape index (κ1) is 16.5. The second kappa shape index (κ2) is 8.46. The molecule has 3 rings (SSSR count). The number of amides is 1. The minimum atomic E-state index is 0.324. The molecule has 1 aromatic carbocycles. The zero-order valence-corrected chi connectivity index (χ0v) is 14.0. The van der Waals surface area contributed by atoms with Crippen LogP contribution in [0.4, 0.5) is 0 Å². The molecule has 0 atom stereocenters. The van der Waals surface area contributed by atoms with Crippen LogP contribution in [0.3, 0.4) is 0 Å². The van der Waals surface area contributed by atoms with Gasteiger partial charge in [-0.25, -0.2) is 0 Å². The summed E-state index contributed by atoms with van der Waals surface area (Å²) in [5, 5.41) is 3.39. The zero-order valence-electron chi connectivity index (χ0n) is 14.0. The summed E-state index contributed by atoms with van der Waals surface area (Å²) in [5.74, 6) is 1.05. The molecular formula is C19H29N3O. The van der Waals surface area contributed by atoms with Gasteiger partial charge in [0, 0.05) is 26.2 Å². The minimum absolute atomic E-state index is 0.324. The third-order valence-electron chi connectivity index (χ3n) is 5.13. The molecule has 0 spiro atoms. The van der Waals surface area contributed by atoms with Gasteiger partial charge in [0.05, 0.1) is 6.54 Å². The van der Waals surface area contributed by atoms with E-state index in [1.54, 1.807) is 0 Å². The summed E-state index contributed by atoms with van der Waals surface area (Å²) in [7, 11) is 0. The van der Waals surface area contributed by atoms with Crippen molar-refractivity contribution in [1.29, 1.82) is 0 Å². The van der Waals surface area contributed by atoms with Crippen LogP contribution in [0.5, 0.6) is 0 Å². The van der Waals surface area contributed by atoms with Gasteiger partial charge < -0.3 is 10.2 Å². The Hall–Kier alpha value is -1.39. The number of likely N-dealkylation sites (tertiary alicyclic amines) is 1. The van der Waals surface area contributed by atoms with E-state index < -0.39 is 0 Å². The number of nitrogens with zero attached hydrogens (tertiary/aromatic N) is 2. The van der Waals surface area contributed by atoms with E-state index in [0.717, 1.165) is 70.9 Å². The van der Waals surface area contributed by atoms with E-state index in [-0.39, 0.29) is 0 Å². The third kappa shape index (κ3) is 5.05. The van der Waals surface area contributed by atoms with Crippen molar-refractivity contribution in [2.45, 2.75) is 25.7 Å². The first-order chi connectivity index (χ1) is 11.3. The molecule has 1 amide bonds. The molecule has 2 saturated heterocycles. The molecule has 126 valence electrons. The summed E-state index contributed by atoms with van der Waals surface area (Å²) in [4.78, 5) is 16.9. The SMILES string of the molecule is O=C(CN1CCCNCC1)N1CCC(Cc2ccccc2)CC1. The highest BCUT2D eigenvalue weighted by Gasteiger charge is 2.24. The van der Waals surface area contributed by atoms with Crippen molar-refractivity contribution in [3.8, 4) is 0 Å². The van der Waals surface area contributed by atoms with Crippen molar-refractivity contribution in [3.05, 3.63) is 35.9 Å². The minimum Gasteiger partial charge on any atom is -0.342 e. The number of nitrogens with one attached hydrogen (secondary N) is 1. The lowest BCUT2D eigenvalue weighted by atomic mass is 9.90. The highest BCUT2D eigenvalue weighted by atomic mass is 16.2. The van der Waals surface area contributed by atoms with Crippen LogP contribution in [-0.4, -0.2) is 61.5 Å². The maximum Gasteiger partial charge on any atom is 0.236 e. The average Bonchev–Trinajstić information content (AvgIpc) is 2.85. The van der Waals surface area contributed by atoms with Crippen LogP contribution < -0.4 is 5.32 Å². The smallest absolute Gasteiger partial charge is 0.236 e. The Kier molecular flexibility index (Phi) is 6.06. The van der Waals surface area contributed by atoms with E-state index >= 15 is 0 Å². The van der Waals surface area contributed by atoms with Crippen molar-refractivity contribution in [2.24, 2.45) is 5.92 Å². The van der Waals surface area contributed by atoms with Gasteiger partial charge in [-0.3, -0.25) is 9.69 Å². The fourth-order valence-electron chi connectivity index (χ4n) is 3.68. The normalized spacial score (nSPS) is 21.1. The molecule has 4 nitrogen and oxygen atoms in total. The number of hydrogen-bond acceptors (Lipinski definition) is 3. The van der Waals surface area contributed by atoms with Gasteiger partial charge in [-0.15, -0.1) is 0 Å². The number of hydrogen-bond donors (Lipinski definition) is 1. The molecule has 2 aliphatic heterocycles. The quantitative estimate of drug-likeness (QED) is 0.920. The Balaban J connectivity index is 1.42. The maximum atomic E-state index is 12.5. The molecule has 4 heteroatoms. The summed E-state index contributed by atoms with van der Waals surface area (Å²) in [5.41, 5.74) is 1.43. The largest absolute Gasteiger partial charge is 0.342 e. The van der Waals surface area contributed by atoms with E-state index in [1.165, 1.54) is 5.56 Å². The first-order valence-electron chi connectivity index (χ1n) is 9.06. The average molecular weight is 315 g/mol. The van der Waals surface area contributed by atoms with E-state index in [0.29, 0.717) is 12.5 Å². The molecule has 1 N–H and O–H groups in total. The van der Waals surface area contributed by atoms with Crippen LogP contribution in [0.15, 0.2) is 30.3 Å². The van der Waals surface area contributed by atoms with Crippen molar-refractivity contribution in [1.82, 2.24) is 15.1 Å². The van der Waals surface area contributed by atoms with E-state index in [9.17, 15) is 4.79 Å². The van der Waals surface area contributed by atoms with Crippen molar-refractivity contribution < 1.29 is 4.79 Å². The third-order valence-corrected chi connectivity index (χ3v) is 5.13. The molecule has 0 aliphatic carbocycles. The van der Waals surface area contributed by atoms with Crippen molar-refractivity contribution >= 4 is 5.91 Å². The summed E-state index contributed by atoms with van der Waals surface area (Å²) in [6, 6.07) is 10.7. The Morgan fingerprint density at radius 1 is 1.04 bits per heavy atom. The molecule has 0 saturated carbocycles. The van der Waals surface area contributed by atoms with Gasteiger partial charge in [-0.2, -0.15) is 0 Å². The molecule has 0 bridgehead atoms. The lowest BCUT2D eigenvalue weighted by molar-refractivity contribution is -0.133. The van der Waals surface area contributed by atoms with Gasteiger partial charge in [-0.05, 0) is 50.3 Å². The Labute approximate surface area is 139 Å². The predicted octanol–water partition coefficient (Wildman–Crippen LogP) is 1.76. The van der Waals surface area contributed by atoms with Gasteiger partial charge in [0.2, 0.25) is 5.91 Å². The van der Waals surface area contributed by atoms with Gasteiger partial charge in [0.1, 0.15) is 0 Å². The highest BCUT2D eigenvalue weighted by Crippen LogP contribution is 2.21. The van der Waals surface area contributed by atoms with Crippen molar-refractivity contribution in [3.63, 3.8) is 0 Å². The molecule has 1 aromatic rings. The second-order valence-corrected chi connectivity index (χ2v) is 6.89. The molecule has 23 heavy (non-hydrogen) atoms. The first-order valence-corrected chi connectivity index (χ1v) is 9.06. The molecule has 0 radical (unpaired) electrons. The van der Waals surface area contributed by atoms with Crippen LogP contribution in [0, 0.1) is 5.92 Å². The van der Waals surface area contributed by atoms with E-state index in [2.05, 4.69) is 45.4 Å². The monoisotopic (exact) mass is 315 g/mol. The fourth-order valence-corrected chi connectivity index (χ4v) is 3.68. The highest BCUT2D eigenvalue weighted by molar-refractivity contribution is 5.78. The Bertz CT molecular complexity index is 475. The van der Waals surface area contributed by atoms with Crippen molar-refractivity contribution in [2.75, 3.05) is 45.8 Å². The standard InChI is InChI=1S/C19H29N3O/c23-19(16-21-11-4-9-20-10-14-21)22-12-7-18(8-13-22)15-17-5-2-1-3-6-17/h1-3,5-6,18,20H,4,7-16H2. The number of benzene rings is 1. The lowest BCUT2D eigenvalue weighted by Gasteiger charge is -2.33. The Morgan fingerprint density at radius 2 is 1.83 bits per heavy atom. The van der Waals surface area contributed by atoms with Gasteiger partial charge >= 0.3 is 0 Å². The number of rotatable bonds is 4. The number of piperidine rings is 1. The summed E-state index contributed by atoms with van der Waals surface area (Å²) >= 11 is 0. The number of carbonyl (C=O) groups excluding carboxylic acids is 1. The molecule has 2 aliphatic rings. The van der Waals surface area contributed by atoms with Gasteiger partial charge in [0.15, 0.2) is 0 Å². The summed E-state index contributed by atoms with van der Waals surface area (Å²) in [6.07, 6.45) is 4.58. The lowest BCUT2D eigenvalue weighted by Crippen LogP contribution is -2.45. The van der Waals surface area contributed by atoms with Crippen LogP contribution in [0.2, 0.25) is 0 Å². The molecule has 0 unspecified atom stereocenters. The summed E-state index contributed by atoms with van der Waals surface area (Å²) in [6.45, 7) is 6.59. The maximum absolute atomic E-state index is 12.5. The fraction of sp³-hybridized carbons (Fsp3) is 0.632. The second-order valence-electron chi connectivity index (χ2n) is 6.89. The molecule has 0 aromatic heterocycles. The summed E-state index contributed by atoms with van der Waals surface area (Å²) < 4.78 is 0. The van der Waals surface area contributed by atoms with Gasteiger partial charge in [0.25, 0.3) is 0 Å². The van der Waals surface area contributed by atoms with Crippen LogP contribution in [0.25, 0.3) is 0 Å². The van der Waals surface area contributed by atoms with Crippen LogP contribution >= 0.6 is 0 Å². The van der Waals surface area contributed by atoms with Crippen LogP contribution in [-0.2, 0) is 11.2 Å². The van der Waals surface area contributed by atoms with Gasteiger partial charge in [-0.1, -0.05) is 30.3 Å². The van der Waals surface area contributed by atoms with E-state index in [4.69, 9.17) is 0 Å². The van der Waals surface area contributed by atoms with Crippen LogP contribution in [0.1, 0.15) is 24.8 Å². The molecular weight excluding hydrogens is 286 g/mol.